The Bertz CT molecular complexity index is 467. The van der Waals surface area contributed by atoms with E-state index in [0.717, 1.165) is 0 Å². The molecule has 5 heteroatoms. The average molecular weight is 192 g/mol. The van der Waals surface area contributed by atoms with Gasteiger partial charge in [-0.2, -0.15) is 4.98 Å². The van der Waals surface area contributed by atoms with Crippen LogP contribution < -0.4 is 0 Å². The molecule has 1 aromatic heterocycles. The SMILES string of the molecule is O=Cc1noc(-c2cccc(F)c2)n1. The minimum absolute atomic E-state index is 0.0516. The van der Waals surface area contributed by atoms with Gasteiger partial charge in [-0.05, 0) is 18.2 Å². The normalized spacial score (nSPS) is 10.1. The van der Waals surface area contributed by atoms with Crippen LogP contribution in [0.5, 0.6) is 0 Å². The van der Waals surface area contributed by atoms with Gasteiger partial charge in [-0.1, -0.05) is 11.2 Å². The molecule has 0 aliphatic carbocycles. The van der Waals surface area contributed by atoms with Crippen LogP contribution in [0, 0.1) is 5.82 Å². The molecular formula is C9H5FN2O2. The molecule has 0 unspecified atom stereocenters. The van der Waals surface area contributed by atoms with Gasteiger partial charge in [0.05, 0.1) is 0 Å². The molecule has 1 heterocycles. The fraction of sp³-hybridized carbons (Fsp3) is 0. The standard InChI is InChI=1S/C9H5FN2O2/c10-7-3-1-2-6(4-7)9-11-8(5-13)12-14-9/h1-5H. The maximum absolute atomic E-state index is 12.8. The summed E-state index contributed by atoms with van der Waals surface area (Å²) in [5.41, 5.74) is 0.450. The van der Waals surface area contributed by atoms with Crippen molar-refractivity contribution < 1.29 is 13.7 Å². The molecular weight excluding hydrogens is 187 g/mol. The maximum Gasteiger partial charge on any atom is 0.258 e. The summed E-state index contributed by atoms with van der Waals surface area (Å²) >= 11 is 0. The number of rotatable bonds is 2. The molecule has 0 atom stereocenters. The number of benzene rings is 1. The smallest absolute Gasteiger partial charge is 0.258 e. The van der Waals surface area contributed by atoms with Gasteiger partial charge in [-0.25, -0.2) is 4.39 Å². The van der Waals surface area contributed by atoms with E-state index in [1.54, 1.807) is 6.07 Å². The van der Waals surface area contributed by atoms with E-state index >= 15 is 0 Å². The summed E-state index contributed by atoms with van der Waals surface area (Å²) in [5, 5.41) is 3.36. The van der Waals surface area contributed by atoms with Crippen molar-refractivity contribution in [3.8, 4) is 11.5 Å². The fourth-order valence-electron chi connectivity index (χ4n) is 1.02. The van der Waals surface area contributed by atoms with Gasteiger partial charge in [-0.3, -0.25) is 4.79 Å². The summed E-state index contributed by atoms with van der Waals surface area (Å²) in [5.74, 6) is -0.316. The monoisotopic (exact) mass is 192 g/mol. The van der Waals surface area contributed by atoms with Crippen molar-refractivity contribution in [3.63, 3.8) is 0 Å². The summed E-state index contributed by atoms with van der Waals surface area (Å²) in [6.07, 6.45) is 0.465. The van der Waals surface area contributed by atoms with Gasteiger partial charge in [0.1, 0.15) is 5.82 Å². The lowest BCUT2D eigenvalue weighted by molar-refractivity contribution is 0.111. The lowest BCUT2D eigenvalue weighted by Crippen LogP contribution is -1.82. The molecule has 0 fully saturated rings. The highest BCUT2D eigenvalue weighted by molar-refractivity contribution is 5.69. The van der Waals surface area contributed by atoms with Gasteiger partial charge in [0, 0.05) is 5.56 Å². The Hall–Kier alpha value is -2.04. The summed E-state index contributed by atoms with van der Waals surface area (Å²) in [6.45, 7) is 0. The van der Waals surface area contributed by atoms with Crippen LogP contribution in [0.3, 0.4) is 0 Å². The molecule has 0 radical (unpaired) electrons. The highest BCUT2D eigenvalue weighted by Crippen LogP contribution is 2.17. The number of halogens is 1. The minimum atomic E-state index is -0.395. The highest BCUT2D eigenvalue weighted by Gasteiger charge is 2.07. The molecule has 0 saturated heterocycles. The van der Waals surface area contributed by atoms with Gasteiger partial charge in [0.15, 0.2) is 6.29 Å². The molecule has 70 valence electrons. The second-order valence-electron chi connectivity index (χ2n) is 2.59. The molecule has 14 heavy (non-hydrogen) atoms. The van der Waals surface area contributed by atoms with Crippen LogP contribution in [0.4, 0.5) is 4.39 Å². The second kappa shape index (κ2) is 3.37. The first-order valence-electron chi connectivity index (χ1n) is 3.84. The number of aldehydes is 1. The summed E-state index contributed by atoms with van der Waals surface area (Å²) in [6, 6.07) is 5.70. The van der Waals surface area contributed by atoms with Gasteiger partial charge >= 0.3 is 0 Å². The third kappa shape index (κ3) is 1.52. The first-order valence-corrected chi connectivity index (χ1v) is 3.84. The number of hydrogen-bond acceptors (Lipinski definition) is 4. The van der Waals surface area contributed by atoms with Crippen molar-refractivity contribution in [2.45, 2.75) is 0 Å². The molecule has 0 N–H and O–H groups in total. The first kappa shape index (κ1) is 8.55. The van der Waals surface area contributed by atoms with Gasteiger partial charge in [0.2, 0.25) is 5.82 Å². The van der Waals surface area contributed by atoms with Crippen molar-refractivity contribution in [2.24, 2.45) is 0 Å². The van der Waals surface area contributed by atoms with Crippen molar-refractivity contribution in [1.82, 2.24) is 10.1 Å². The largest absolute Gasteiger partial charge is 0.334 e. The third-order valence-corrected chi connectivity index (χ3v) is 1.62. The molecule has 0 amide bonds. The van der Waals surface area contributed by atoms with Crippen LogP contribution in [0.2, 0.25) is 0 Å². The Morgan fingerprint density at radius 1 is 1.43 bits per heavy atom. The van der Waals surface area contributed by atoms with E-state index in [1.165, 1.54) is 18.2 Å². The first-order chi connectivity index (χ1) is 6.79. The van der Waals surface area contributed by atoms with Crippen molar-refractivity contribution in [1.29, 1.82) is 0 Å². The van der Waals surface area contributed by atoms with E-state index < -0.39 is 5.82 Å². The molecule has 0 aliphatic heterocycles. The third-order valence-electron chi connectivity index (χ3n) is 1.62. The maximum atomic E-state index is 12.8. The van der Waals surface area contributed by atoms with E-state index in [2.05, 4.69) is 10.1 Å². The van der Waals surface area contributed by atoms with Crippen LogP contribution in [-0.2, 0) is 0 Å². The molecule has 0 bridgehead atoms. The molecule has 0 spiro atoms. The fourth-order valence-corrected chi connectivity index (χ4v) is 1.02. The van der Waals surface area contributed by atoms with E-state index in [9.17, 15) is 9.18 Å². The molecule has 0 aliphatic rings. The van der Waals surface area contributed by atoms with Crippen LogP contribution in [0.1, 0.15) is 10.6 Å². The van der Waals surface area contributed by atoms with Gasteiger partial charge < -0.3 is 4.52 Å². The van der Waals surface area contributed by atoms with Crippen LogP contribution in [0.25, 0.3) is 11.5 Å². The molecule has 2 aromatic rings. The van der Waals surface area contributed by atoms with Crippen molar-refractivity contribution in [2.75, 3.05) is 0 Å². The van der Waals surface area contributed by atoms with Gasteiger partial charge in [-0.15, -0.1) is 0 Å². The second-order valence-corrected chi connectivity index (χ2v) is 2.59. The molecule has 1 aromatic carbocycles. The summed E-state index contributed by atoms with van der Waals surface area (Å²) < 4.78 is 17.5. The van der Waals surface area contributed by atoms with Crippen LogP contribution in [-0.4, -0.2) is 16.4 Å². The Kier molecular flexibility index (Phi) is 2.06. The molecule has 0 saturated carbocycles. The quantitative estimate of drug-likeness (QED) is 0.679. The minimum Gasteiger partial charge on any atom is -0.334 e. The average Bonchev–Trinajstić information content (AvgIpc) is 2.66. The predicted molar refractivity (Wildman–Crippen MR) is 45.1 cm³/mol. The highest BCUT2D eigenvalue weighted by atomic mass is 19.1. The zero-order valence-electron chi connectivity index (χ0n) is 6.98. The number of hydrogen-bond donors (Lipinski definition) is 0. The predicted octanol–water partition coefficient (Wildman–Crippen LogP) is 1.69. The number of carbonyl (C=O) groups excluding carboxylic acids is 1. The van der Waals surface area contributed by atoms with E-state index in [0.29, 0.717) is 11.8 Å². The topological polar surface area (TPSA) is 56.0 Å². The Morgan fingerprint density at radius 2 is 2.29 bits per heavy atom. The summed E-state index contributed by atoms with van der Waals surface area (Å²) in [4.78, 5) is 14.0. The Labute approximate surface area is 78.4 Å². The van der Waals surface area contributed by atoms with Crippen LogP contribution in [0.15, 0.2) is 28.8 Å². The van der Waals surface area contributed by atoms with Gasteiger partial charge in [0.25, 0.3) is 5.89 Å². The zero-order valence-corrected chi connectivity index (χ0v) is 6.98. The number of aromatic nitrogens is 2. The molecule has 2 rings (SSSR count). The number of nitrogens with zero attached hydrogens (tertiary/aromatic N) is 2. The zero-order chi connectivity index (χ0) is 9.97. The van der Waals surface area contributed by atoms with E-state index in [1.807, 2.05) is 0 Å². The Morgan fingerprint density at radius 3 is 2.93 bits per heavy atom. The molecule has 4 nitrogen and oxygen atoms in total. The van der Waals surface area contributed by atoms with Crippen molar-refractivity contribution >= 4 is 6.29 Å². The summed E-state index contributed by atoms with van der Waals surface area (Å²) in [7, 11) is 0. The van der Waals surface area contributed by atoms with E-state index in [4.69, 9.17) is 4.52 Å². The van der Waals surface area contributed by atoms with Crippen molar-refractivity contribution in [3.05, 3.63) is 35.9 Å². The number of carbonyl (C=O) groups is 1. The van der Waals surface area contributed by atoms with E-state index in [-0.39, 0.29) is 11.7 Å². The lowest BCUT2D eigenvalue weighted by atomic mass is 10.2. The lowest BCUT2D eigenvalue weighted by Gasteiger charge is -1.92. The Balaban J connectivity index is 2.43. The van der Waals surface area contributed by atoms with Crippen LogP contribution >= 0.6 is 0 Å².